The number of carboxylic acid groups (broad SMARTS) is 1. The summed E-state index contributed by atoms with van der Waals surface area (Å²) >= 11 is 1.77. The van der Waals surface area contributed by atoms with Crippen LogP contribution in [0.5, 0.6) is 0 Å². The summed E-state index contributed by atoms with van der Waals surface area (Å²) < 4.78 is 17.9. The number of rotatable bonds is 4. The number of halogens is 1. The van der Waals surface area contributed by atoms with Crippen molar-refractivity contribution in [3.05, 3.63) is 17.5 Å². The monoisotopic (exact) mass is 260 g/mol. The summed E-state index contributed by atoms with van der Waals surface area (Å²) in [6, 6.07) is 3.59. The maximum Gasteiger partial charge on any atom is 0.349 e. The smallest absolute Gasteiger partial charge is 0.349 e. The van der Waals surface area contributed by atoms with Crippen LogP contribution in [0, 0.1) is 0 Å². The van der Waals surface area contributed by atoms with Crippen LogP contribution in [0.15, 0.2) is 27.2 Å². The normalized spacial score (nSPS) is 12.6. The van der Waals surface area contributed by atoms with Crippen LogP contribution in [0.25, 0.3) is 10.8 Å². The lowest BCUT2D eigenvalue weighted by molar-refractivity contribution is -0.139. The molecule has 84 valence electrons. The van der Waals surface area contributed by atoms with E-state index in [1.165, 1.54) is 11.3 Å². The third-order valence-electron chi connectivity index (χ3n) is 1.54. The molecule has 0 amide bonds. The quantitative estimate of drug-likeness (QED) is 0.850. The van der Waals surface area contributed by atoms with Gasteiger partial charge in [-0.15, -0.1) is 21.5 Å². The van der Waals surface area contributed by atoms with Crippen molar-refractivity contribution < 1.29 is 18.7 Å². The minimum Gasteiger partial charge on any atom is -0.478 e. The number of nitrogens with zero attached hydrogens (tertiary/aromatic N) is 2. The highest BCUT2D eigenvalue weighted by Gasteiger charge is 2.21. The molecule has 0 saturated heterocycles. The molecule has 0 radical (unpaired) electrons. The predicted molar refractivity (Wildman–Crippen MR) is 56.0 cm³/mol. The van der Waals surface area contributed by atoms with Gasteiger partial charge in [-0.2, -0.15) is 0 Å². The van der Waals surface area contributed by atoms with Crippen LogP contribution >= 0.6 is 23.1 Å². The van der Waals surface area contributed by atoms with Gasteiger partial charge in [0, 0.05) is 0 Å². The molecule has 2 aromatic rings. The van der Waals surface area contributed by atoms with Gasteiger partial charge in [0.05, 0.1) is 4.88 Å². The predicted octanol–water partition coefficient (Wildman–Crippen LogP) is 2.27. The summed E-state index contributed by atoms with van der Waals surface area (Å²) in [6.07, 6.45) is 0. The second-order valence-corrected chi connectivity index (χ2v) is 4.57. The van der Waals surface area contributed by atoms with E-state index < -0.39 is 11.5 Å². The van der Waals surface area contributed by atoms with Crippen LogP contribution in [0.3, 0.4) is 0 Å². The zero-order chi connectivity index (χ0) is 11.5. The average Bonchev–Trinajstić information content (AvgIpc) is 2.85. The van der Waals surface area contributed by atoms with Crippen LogP contribution in [-0.4, -0.2) is 26.8 Å². The van der Waals surface area contributed by atoms with Crippen LogP contribution in [-0.2, 0) is 4.79 Å². The van der Waals surface area contributed by atoms with E-state index in [-0.39, 0.29) is 11.1 Å². The van der Waals surface area contributed by atoms with Gasteiger partial charge in [0.1, 0.15) is 0 Å². The molecule has 0 aromatic carbocycles. The molecule has 1 unspecified atom stereocenters. The van der Waals surface area contributed by atoms with Gasteiger partial charge in [-0.3, -0.25) is 0 Å². The molecule has 2 aromatic heterocycles. The molecule has 16 heavy (non-hydrogen) atoms. The SMILES string of the molecule is O=C(O)C(F)Sc1nnc(-c2cccs2)o1. The Kier molecular flexibility index (Phi) is 3.20. The number of thioether (sulfide) groups is 1. The molecule has 0 fully saturated rings. The fraction of sp³-hybridized carbons (Fsp3) is 0.125. The largest absolute Gasteiger partial charge is 0.478 e. The molecular weight excluding hydrogens is 255 g/mol. The molecule has 2 rings (SSSR count). The van der Waals surface area contributed by atoms with E-state index in [4.69, 9.17) is 9.52 Å². The number of hydrogen-bond acceptors (Lipinski definition) is 6. The maximum atomic E-state index is 12.8. The molecule has 5 nitrogen and oxygen atoms in total. The van der Waals surface area contributed by atoms with E-state index in [2.05, 4.69) is 10.2 Å². The van der Waals surface area contributed by atoms with Crippen molar-refractivity contribution in [2.75, 3.05) is 0 Å². The molecule has 0 bridgehead atoms. The standard InChI is InChI=1S/C8H5FN2O3S2/c9-5(7(12)13)16-8-11-10-6(14-8)4-2-1-3-15-4/h1-3,5H,(H,12,13). The van der Waals surface area contributed by atoms with Crippen LogP contribution in [0.2, 0.25) is 0 Å². The summed E-state index contributed by atoms with van der Waals surface area (Å²) in [5.41, 5.74) is -2.10. The minimum absolute atomic E-state index is 0.0988. The highest BCUT2D eigenvalue weighted by Crippen LogP contribution is 2.28. The van der Waals surface area contributed by atoms with Gasteiger partial charge in [0.2, 0.25) is 0 Å². The third-order valence-corrected chi connectivity index (χ3v) is 3.17. The van der Waals surface area contributed by atoms with Crippen molar-refractivity contribution in [2.45, 2.75) is 10.7 Å². The van der Waals surface area contributed by atoms with E-state index >= 15 is 0 Å². The zero-order valence-corrected chi connectivity index (χ0v) is 9.29. The van der Waals surface area contributed by atoms with E-state index in [1.807, 2.05) is 11.4 Å². The molecule has 0 aliphatic carbocycles. The minimum atomic E-state index is -2.10. The lowest BCUT2D eigenvalue weighted by Crippen LogP contribution is -2.09. The Balaban J connectivity index is 2.11. The molecule has 0 aliphatic rings. The summed E-state index contributed by atoms with van der Waals surface area (Å²) in [4.78, 5) is 11.0. The highest BCUT2D eigenvalue weighted by atomic mass is 32.2. The summed E-state index contributed by atoms with van der Waals surface area (Å²) in [5, 5.41) is 17.3. The Morgan fingerprint density at radius 2 is 2.44 bits per heavy atom. The number of carbonyl (C=O) groups is 1. The molecule has 1 N–H and O–H groups in total. The molecule has 0 saturated carbocycles. The van der Waals surface area contributed by atoms with E-state index in [9.17, 15) is 9.18 Å². The first-order chi connectivity index (χ1) is 7.66. The first kappa shape index (κ1) is 11.1. The van der Waals surface area contributed by atoms with Crippen LogP contribution in [0.4, 0.5) is 4.39 Å². The average molecular weight is 260 g/mol. The fourth-order valence-corrected chi connectivity index (χ4v) is 2.03. The number of aliphatic carboxylic acids is 1. The lowest BCUT2D eigenvalue weighted by atomic mass is 10.5. The Hall–Kier alpha value is -1.41. The summed E-state index contributed by atoms with van der Waals surface area (Å²) in [5.74, 6) is -1.31. The summed E-state index contributed by atoms with van der Waals surface area (Å²) in [7, 11) is 0. The Morgan fingerprint density at radius 1 is 1.62 bits per heavy atom. The molecule has 8 heteroatoms. The van der Waals surface area contributed by atoms with Crippen molar-refractivity contribution in [1.82, 2.24) is 10.2 Å². The second-order valence-electron chi connectivity index (χ2n) is 2.62. The number of hydrogen-bond donors (Lipinski definition) is 1. The Bertz CT molecular complexity index is 485. The van der Waals surface area contributed by atoms with Crippen molar-refractivity contribution >= 4 is 29.1 Å². The van der Waals surface area contributed by atoms with Gasteiger partial charge in [-0.25, -0.2) is 9.18 Å². The van der Waals surface area contributed by atoms with Gasteiger partial charge in [-0.05, 0) is 23.2 Å². The topological polar surface area (TPSA) is 76.2 Å². The number of aromatic nitrogens is 2. The van der Waals surface area contributed by atoms with Gasteiger partial charge >= 0.3 is 5.97 Å². The van der Waals surface area contributed by atoms with E-state index in [0.29, 0.717) is 11.8 Å². The lowest BCUT2D eigenvalue weighted by Gasteiger charge is -1.95. The van der Waals surface area contributed by atoms with Gasteiger partial charge in [0.25, 0.3) is 16.6 Å². The summed E-state index contributed by atoms with van der Waals surface area (Å²) in [6.45, 7) is 0. The van der Waals surface area contributed by atoms with Crippen molar-refractivity contribution in [1.29, 1.82) is 0 Å². The van der Waals surface area contributed by atoms with Crippen molar-refractivity contribution in [3.63, 3.8) is 0 Å². The maximum absolute atomic E-state index is 12.8. The number of thiophene rings is 1. The molecule has 2 heterocycles. The molecular formula is C8H5FN2O3S2. The van der Waals surface area contributed by atoms with Crippen LogP contribution in [0.1, 0.15) is 0 Å². The zero-order valence-electron chi connectivity index (χ0n) is 7.66. The molecule has 1 atom stereocenters. The van der Waals surface area contributed by atoms with Crippen molar-refractivity contribution in [3.8, 4) is 10.8 Å². The van der Waals surface area contributed by atoms with Gasteiger partial charge in [-0.1, -0.05) is 6.07 Å². The Labute approximate surface area is 97.3 Å². The van der Waals surface area contributed by atoms with E-state index in [0.717, 1.165) is 4.88 Å². The second kappa shape index (κ2) is 4.62. The van der Waals surface area contributed by atoms with Gasteiger partial charge < -0.3 is 9.52 Å². The number of carboxylic acids is 1. The first-order valence-corrected chi connectivity index (χ1v) is 5.83. The molecule has 0 spiro atoms. The third kappa shape index (κ3) is 2.39. The highest BCUT2D eigenvalue weighted by molar-refractivity contribution is 8.00. The van der Waals surface area contributed by atoms with Crippen molar-refractivity contribution in [2.24, 2.45) is 0 Å². The van der Waals surface area contributed by atoms with Crippen LogP contribution < -0.4 is 0 Å². The Morgan fingerprint density at radius 3 is 3.06 bits per heavy atom. The van der Waals surface area contributed by atoms with E-state index in [1.54, 1.807) is 6.07 Å². The number of alkyl halides is 1. The first-order valence-electron chi connectivity index (χ1n) is 4.08. The fourth-order valence-electron chi connectivity index (χ4n) is 0.896. The van der Waals surface area contributed by atoms with Gasteiger partial charge in [0.15, 0.2) is 0 Å². The molecule has 0 aliphatic heterocycles.